The molecule has 12 heteroatoms. The highest BCUT2D eigenvalue weighted by Gasteiger charge is 2.40. The third-order valence-corrected chi connectivity index (χ3v) is 3.18. The van der Waals surface area contributed by atoms with E-state index in [0.717, 1.165) is 0 Å². The summed E-state index contributed by atoms with van der Waals surface area (Å²) in [6.07, 6.45) is -11.9. The second-order valence-electron chi connectivity index (χ2n) is 4.93. The van der Waals surface area contributed by atoms with Crippen LogP contribution in [0.1, 0.15) is 0 Å². The Morgan fingerprint density at radius 1 is 1.12 bits per heavy atom. The SMILES string of the molecule is O=C1O[C@H]([C@@H](O)COC(=O)[C@H](O)[C@@H](O)[C@H](O)[C@H](O)CO)C(O)=C1O. The van der Waals surface area contributed by atoms with Crippen molar-refractivity contribution in [1.29, 1.82) is 0 Å². The average Bonchev–Trinajstić information content (AvgIpc) is 2.83. The molecule has 8 N–H and O–H groups in total. The van der Waals surface area contributed by atoms with Gasteiger partial charge in [-0.05, 0) is 0 Å². The molecule has 12 nitrogen and oxygen atoms in total. The first-order chi connectivity index (χ1) is 11.1. The van der Waals surface area contributed by atoms with E-state index in [2.05, 4.69) is 9.47 Å². The molecule has 1 aliphatic rings. The number of aliphatic hydroxyl groups excluding tert-OH is 8. The summed E-state index contributed by atoms with van der Waals surface area (Å²) in [5.74, 6) is -4.88. The Morgan fingerprint density at radius 2 is 1.71 bits per heavy atom. The number of carbonyl (C=O) groups is 2. The minimum atomic E-state index is -2.32. The number of hydrogen-bond donors (Lipinski definition) is 8. The highest BCUT2D eigenvalue weighted by atomic mass is 16.6. The van der Waals surface area contributed by atoms with Gasteiger partial charge in [0, 0.05) is 0 Å². The van der Waals surface area contributed by atoms with Crippen LogP contribution in [0.25, 0.3) is 0 Å². The third-order valence-electron chi connectivity index (χ3n) is 3.18. The molecule has 0 saturated heterocycles. The largest absolute Gasteiger partial charge is 0.505 e. The van der Waals surface area contributed by atoms with Gasteiger partial charge in [-0.3, -0.25) is 0 Å². The molecule has 0 amide bonds. The Hall–Kier alpha value is -1.96. The van der Waals surface area contributed by atoms with E-state index in [1.54, 1.807) is 0 Å². The Balaban J connectivity index is 2.55. The molecular formula is C12H18O12. The van der Waals surface area contributed by atoms with Gasteiger partial charge in [0.25, 0.3) is 0 Å². The van der Waals surface area contributed by atoms with Crippen molar-refractivity contribution in [3.8, 4) is 0 Å². The number of rotatable bonds is 8. The van der Waals surface area contributed by atoms with Crippen LogP contribution in [0.2, 0.25) is 0 Å². The highest BCUT2D eigenvalue weighted by molar-refractivity contribution is 5.89. The van der Waals surface area contributed by atoms with Gasteiger partial charge in [-0.2, -0.15) is 0 Å². The van der Waals surface area contributed by atoms with Crippen molar-refractivity contribution in [3.05, 3.63) is 11.5 Å². The molecule has 0 fully saturated rings. The van der Waals surface area contributed by atoms with Crippen LogP contribution in [-0.2, 0) is 19.1 Å². The lowest BCUT2D eigenvalue weighted by Gasteiger charge is -2.25. The summed E-state index contributed by atoms with van der Waals surface area (Å²) in [6.45, 7) is -1.85. The monoisotopic (exact) mass is 354 g/mol. The van der Waals surface area contributed by atoms with E-state index in [1.807, 2.05) is 0 Å². The molecule has 0 aromatic carbocycles. The molecule has 1 aliphatic heterocycles. The molecule has 0 unspecified atom stereocenters. The van der Waals surface area contributed by atoms with Crippen LogP contribution in [0.4, 0.5) is 0 Å². The number of cyclic esters (lactones) is 1. The first-order valence-corrected chi connectivity index (χ1v) is 6.62. The highest BCUT2D eigenvalue weighted by Crippen LogP contribution is 2.21. The Kier molecular flexibility index (Phi) is 6.89. The summed E-state index contributed by atoms with van der Waals surface area (Å²) < 4.78 is 8.83. The summed E-state index contributed by atoms with van der Waals surface area (Å²) in [6, 6.07) is 0. The zero-order chi connectivity index (χ0) is 18.6. The van der Waals surface area contributed by atoms with Crippen molar-refractivity contribution < 1.29 is 59.9 Å². The fourth-order valence-electron chi connectivity index (χ4n) is 1.73. The van der Waals surface area contributed by atoms with Gasteiger partial charge in [-0.1, -0.05) is 0 Å². The van der Waals surface area contributed by atoms with Crippen LogP contribution in [-0.4, -0.2) is 103 Å². The van der Waals surface area contributed by atoms with Crippen molar-refractivity contribution in [1.82, 2.24) is 0 Å². The molecule has 6 atom stereocenters. The van der Waals surface area contributed by atoms with E-state index in [1.165, 1.54) is 0 Å². The van der Waals surface area contributed by atoms with Crippen molar-refractivity contribution in [2.45, 2.75) is 36.6 Å². The Bertz CT molecular complexity index is 502. The van der Waals surface area contributed by atoms with Gasteiger partial charge in [0.05, 0.1) is 6.61 Å². The maximum Gasteiger partial charge on any atom is 0.377 e. The van der Waals surface area contributed by atoms with Crippen LogP contribution in [0.5, 0.6) is 0 Å². The summed E-state index contributed by atoms with van der Waals surface area (Å²) in [5.41, 5.74) is 0. The van der Waals surface area contributed by atoms with Crippen LogP contribution >= 0.6 is 0 Å². The lowest BCUT2D eigenvalue weighted by molar-refractivity contribution is -0.175. The third kappa shape index (κ3) is 4.31. The van der Waals surface area contributed by atoms with Crippen molar-refractivity contribution >= 4 is 11.9 Å². The van der Waals surface area contributed by atoms with Crippen molar-refractivity contribution in [2.24, 2.45) is 0 Å². The molecule has 0 aromatic heterocycles. The van der Waals surface area contributed by atoms with Gasteiger partial charge in [0.1, 0.15) is 31.0 Å². The lowest BCUT2D eigenvalue weighted by Crippen LogP contribution is -2.49. The molecule has 1 heterocycles. The quantitative estimate of drug-likeness (QED) is 0.194. The molecule has 0 spiro atoms. The van der Waals surface area contributed by atoms with Crippen molar-refractivity contribution in [2.75, 3.05) is 13.2 Å². The molecule has 1 rings (SSSR count). The van der Waals surface area contributed by atoms with Gasteiger partial charge >= 0.3 is 11.9 Å². The summed E-state index contributed by atoms with van der Waals surface area (Å²) in [7, 11) is 0. The number of hydrogen-bond acceptors (Lipinski definition) is 12. The molecule has 0 radical (unpaired) electrons. The summed E-state index contributed by atoms with van der Waals surface area (Å²) >= 11 is 0. The molecule has 24 heavy (non-hydrogen) atoms. The topological polar surface area (TPSA) is 214 Å². The first-order valence-electron chi connectivity index (χ1n) is 6.62. The predicted octanol–water partition coefficient (Wildman–Crippen LogP) is -4.42. The van der Waals surface area contributed by atoms with Crippen molar-refractivity contribution in [3.63, 3.8) is 0 Å². The second kappa shape index (κ2) is 8.23. The van der Waals surface area contributed by atoms with Crippen LogP contribution in [0.3, 0.4) is 0 Å². The molecule has 0 bridgehead atoms. The van der Waals surface area contributed by atoms with Gasteiger partial charge in [-0.15, -0.1) is 0 Å². The maximum absolute atomic E-state index is 11.5. The summed E-state index contributed by atoms with van der Waals surface area (Å²) in [4.78, 5) is 22.4. The van der Waals surface area contributed by atoms with Crippen LogP contribution in [0.15, 0.2) is 11.5 Å². The standard InChI is InChI=1S/C12H18O12/c13-1-3(14)5(16)6(17)8(19)11(21)23-2-4(15)10-7(18)9(20)12(22)24-10/h3-6,8,10,13-20H,1-2H2/t3-,4+,5-,6+,8-,10-/m1/s1. The molecule has 138 valence electrons. The number of ether oxygens (including phenoxy) is 2. The molecule has 0 aliphatic carbocycles. The van der Waals surface area contributed by atoms with Gasteiger partial charge in [0.15, 0.2) is 18.0 Å². The average molecular weight is 354 g/mol. The van der Waals surface area contributed by atoms with Gasteiger partial charge < -0.3 is 50.3 Å². The zero-order valence-electron chi connectivity index (χ0n) is 12.1. The minimum Gasteiger partial charge on any atom is -0.505 e. The zero-order valence-corrected chi connectivity index (χ0v) is 12.1. The number of esters is 2. The normalized spacial score (nSPS) is 24.1. The number of carbonyl (C=O) groups excluding carboxylic acids is 2. The van der Waals surface area contributed by atoms with E-state index >= 15 is 0 Å². The molecular weight excluding hydrogens is 336 g/mol. The Morgan fingerprint density at radius 3 is 2.17 bits per heavy atom. The molecule has 0 saturated carbocycles. The minimum absolute atomic E-state index is 0.906. The fourth-order valence-corrected chi connectivity index (χ4v) is 1.73. The van der Waals surface area contributed by atoms with Gasteiger partial charge in [-0.25, -0.2) is 9.59 Å². The lowest BCUT2D eigenvalue weighted by atomic mass is 10.0. The van der Waals surface area contributed by atoms with E-state index in [4.69, 9.17) is 15.3 Å². The van der Waals surface area contributed by atoms with Gasteiger partial charge in [0.2, 0.25) is 5.76 Å². The van der Waals surface area contributed by atoms with Crippen LogP contribution < -0.4 is 0 Å². The first kappa shape index (κ1) is 20.1. The smallest absolute Gasteiger partial charge is 0.377 e. The van der Waals surface area contributed by atoms with E-state index in [9.17, 15) is 35.1 Å². The second-order valence-corrected chi connectivity index (χ2v) is 4.93. The Labute approximate surface area is 134 Å². The predicted molar refractivity (Wildman–Crippen MR) is 70.2 cm³/mol. The van der Waals surface area contributed by atoms with E-state index in [-0.39, 0.29) is 0 Å². The molecule has 0 aromatic rings. The summed E-state index contributed by atoms with van der Waals surface area (Å²) in [5, 5.41) is 74.0. The fraction of sp³-hybridized carbons (Fsp3) is 0.667. The van der Waals surface area contributed by atoms with E-state index < -0.39 is 73.3 Å². The maximum atomic E-state index is 11.5. The number of aliphatic hydroxyl groups is 8. The van der Waals surface area contributed by atoms with Crippen LogP contribution in [0, 0.1) is 0 Å². The van der Waals surface area contributed by atoms with E-state index in [0.29, 0.717) is 0 Å².